The summed E-state index contributed by atoms with van der Waals surface area (Å²) in [5.41, 5.74) is 2.67. The molecule has 2 fully saturated rings. The number of carbonyl (C=O) groups is 1. The minimum absolute atomic E-state index is 0.158. The molecule has 0 spiro atoms. The predicted molar refractivity (Wildman–Crippen MR) is 147 cm³/mol. The average molecular weight is 600 g/mol. The zero-order valence-corrected chi connectivity index (χ0v) is 22.9. The fourth-order valence-corrected chi connectivity index (χ4v) is 5.74. The summed E-state index contributed by atoms with van der Waals surface area (Å²) in [6.07, 6.45) is -0.904. The first kappa shape index (κ1) is 30.0. The van der Waals surface area contributed by atoms with Crippen LogP contribution in [0.5, 0.6) is 11.6 Å². The summed E-state index contributed by atoms with van der Waals surface area (Å²) in [7, 11) is 0. The highest BCUT2D eigenvalue weighted by Crippen LogP contribution is 2.47. The van der Waals surface area contributed by atoms with E-state index in [0.717, 1.165) is 15.8 Å². The molecular formula is C30H29F4N5O4. The Hall–Kier alpha value is -4.44. The molecule has 2 aromatic carbocycles. The quantitative estimate of drug-likeness (QED) is 0.404. The Bertz CT molecular complexity index is 1590. The third-order valence-electron chi connectivity index (χ3n) is 8.21. The summed E-state index contributed by atoms with van der Waals surface area (Å²) in [4.78, 5) is 31.2. The largest absolute Gasteiger partial charge is 0.437 e. The van der Waals surface area contributed by atoms with Crippen LogP contribution in [0, 0.1) is 17.2 Å². The standard InChI is InChI=1S/C30H29F4N5O4/c31-29(32)11-10-22(23(14-29)20-4-2-1-3-5-20)26(40)38-13-12-28(42,30(33,34)17-38)16-39-18-37-25(24(36)27(39)41)43-21-8-6-19(15-35)7-9-21/h1-9,18,22-23,42H,10-14,16-17,36H2/t22-,23+,28+/m1/s1. The Morgan fingerprint density at radius 2 is 1.81 bits per heavy atom. The molecule has 1 saturated heterocycles. The number of nitrogen functional groups attached to an aromatic ring is 1. The molecule has 9 nitrogen and oxygen atoms in total. The maximum Gasteiger partial charge on any atom is 0.295 e. The molecule has 2 aliphatic rings. The molecule has 0 unspecified atom stereocenters. The first-order valence-electron chi connectivity index (χ1n) is 13.7. The van der Waals surface area contributed by atoms with Crippen molar-refractivity contribution in [3.05, 3.63) is 82.4 Å². The number of likely N-dealkylation sites (tertiary alicyclic amines) is 1. The highest BCUT2D eigenvalue weighted by Gasteiger charge is 2.58. The molecule has 1 amide bonds. The van der Waals surface area contributed by atoms with Gasteiger partial charge >= 0.3 is 0 Å². The molecule has 1 aliphatic heterocycles. The molecule has 3 atom stereocenters. The average Bonchev–Trinajstić information content (AvgIpc) is 2.98. The SMILES string of the molecule is N#Cc1ccc(Oc2ncn(C[C@@]3(O)CCN(C(=O)[C@@H]4CCC(F)(F)C[C@H]4c4ccccc4)CC3(F)F)c(=O)c2N)cc1. The van der Waals surface area contributed by atoms with Crippen molar-refractivity contribution in [2.24, 2.45) is 5.92 Å². The summed E-state index contributed by atoms with van der Waals surface area (Å²) < 4.78 is 66.0. The van der Waals surface area contributed by atoms with Gasteiger partial charge in [-0.3, -0.25) is 14.2 Å². The van der Waals surface area contributed by atoms with Gasteiger partial charge in [0.05, 0.1) is 24.7 Å². The lowest BCUT2D eigenvalue weighted by atomic mass is 9.73. The van der Waals surface area contributed by atoms with Gasteiger partial charge in [-0.1, -0.05) is 30.3 Å². The highest BCUT2D eigenvalue weighted by atomic mass is 19.3. The van der Waals surface area contributed by atoms with Crippen molar-refractivity contribution in [3.8, 4) is 17.7 Å². The van der Waals surface area contributed by atoms with Gasteiger partial charge in [0.2, 0.25) is 17.7 Å². The summed E-state index contributed by atoms with van der Waals surface area (Å²) in [5.74, 6) is -9.31. The summed E-state index contributed by atoms with van der Waals surface area (Å²) in [6.45, 7) is -2.28. The first-order chi connectivity index (χ1) is 20.3. The van der Waals surface area contributed by atoms with Crippen LogP contribution in [0.3, 0.4) is 0 Å². The van der Waals surface area contributed by atoms with Crippen molar-refractivity contribution < 1.29 is 32.2 Å². The van der Waals surface area contributed by atoms with E-state index < -0.39 is 78.8 Å². The Morgan fingerprint density at radius 3 is 2.47 bits per heavy atom. The van der Waals surface area contributed by atoms with Crippen LogP contribution >= 0.6 is 0 Å². The van der Waals surface area contributed by atoms with E-state index in [1.807, 2.05) is 6.07 Å². The van der Waals surface area contributed by atoms with Crippen molar-refractivity contribution in [1.29, 1.82) is 5.26 Å². The van der Waals surface area contributed by atoms with Crippen LogP contribution in [-0.2, 0) is 11.3 Å². The van der Waals surface area contributed by atoms with Crippen LogP contribution in [0.15, 0.2) is 65.7 Å². The number of hydrogen-bond acceptors (Lipinski definition) is 7. The lowest BCUT2D eigenvalue weighted by Crippen LogP contribution is -2.64. The van der Waals surface area contributed by atoms with E-state index in [1.165, 1.54) is 24.3 Å². The van der Waals surface area contributed by atoms with Crippen LogP contribution < -0.4 is 16.0 Å². The number of aromatic nitrogens is 2. The Morgan fingerprint density at radius 1 is 1.12 bits per heavy atom. The Balaban J connectivity index is 1.31. The number of amides is 1. The van der Waals surface area contributed by atoms with E-state index in [9.17, 15) is 23.5 Å². The number of alkyl halides is 4. The number of rotatable bonds is 6. The maximum atomic E-state index is 15.5. The summed E-state index contributed by atoms with van der Waals surface area (Å²) in [6, 6.07) is 16.2. The van der Waals surface area contributed by atoms with Gasteiger partial charge in [-0.2, -0.15) is 5.26 Å². The van der Waals surface area contributed by atoms with Gasteiger partial charge in [0.1, 0.15) is 17.7 Å². The van der Waals surface area contributed by atoms with E-state index in [0.29, 0.717) is 11.1 Å². The molecule has 3 N–H and O–H groups in total. The number of benzene rings is 2. The molecule has 0 bridgehead atoms. The Labute approximate surface area is 244 Å². The second-order valence-corrected chi connectivity index (χ2v) is 11.1. The zero-order valence-electron chi connectivity index (χ0n) is 22.9. The first-order valence-corrected chi connectivity index (χ1v) is 13.7. The molecule has 2 heterocycles. The molecular weight excluding hydrogens is 570 g/mol. The van der Waals surface area contributed by atoms with E-state index in [2.05, 4.69) is 4.98 Å². The fraction of sp³-hybridized carbons (Fsp3) is 0.400. The second kappa shape index (κ2) is 11.3. The van der Waals surface area contributed by atoms with E-state index in [1.54, 1.807) is 30.3 Å². The minimum Gasteiger partial charge on any atom is -0.437 e. The lowest BCUT2D eigenvalue weighted by molar-refractivity contribution is -0.223. The van der Waals surface area contributed by atoms with Crippen molar-refractivity contribution in [1.82, 2.24) is 14.5 Å². The number of halogens is 4. The van der Waals surface area contributed by atoms with Gasteiger partial charge in [0.25, 0.3) is 11.5 Å². The van der Waals surface area contributed by atoms with Gasteiger partial charge in [0.15, 0.2) is 5.69 Å². The molecule has 1 aliphatic carbocycles. The molecule has 43 heavy (non-hydrogen) atoms. The molecule has 5 rings (SSSR count). The van der Waals surface area contributed by atoms with E-state index >= 15 is 8.78 Å². The van der Waals surface area contributed by atoms with E-state index in [-0.39, 0.29) is 24.6 Å². The molecule has 1 saturated carbocycles. The maximum absolute atomic E-state index is 15.5. The number of nitrogens with zero attached hydrogens (tertiary/aromatic N) is 4. The van der Waals surface area contributed by atoms with Gasteiger partial charge < -0.3 is 20.5 Å². The normalized spacial score (nSPS) is 24.6. The van der Waals surface area contributed by atoms with Crippen molar-refractivity contribution >= 4 is 11.6 Å². The van der Waals surface area contributed by atoms with Crippen LogP contribution in [-0.4, -0.2) is 56.0 Å². The van der Waals surface area contributed by atoms with Gasteiger partial charge in [-0.15, -0.1) is 0 Å². The van der Waals surface area contributed by atoms with Crippen LogP contribution in [0.1, 0.15) is 42.7 Å². The number of carbonyl (C=O) groups excluding carboxylic acids is 1. The molecule has 226 valence electrons. The number of nitriles is 1. The van der Waals surface area contributed by atoms with Gasteiger partial charge in [-0.25, -0.2) is 22.5 Å². The number of hydrogen-bond donors (Lipinski definition) is 2. The zero-order chi connectivity index (χ0) is 31.0. The molecule has 13 heteroatoms. The molecule has 0 radical (unpaired) electrons. The van der Waals surface area contributed by atoms with Crippen LogP contribution in [0.4, 0.5) is 23.2 Å². The van der Waals surface area contributed by atoms with Gasteiger partial charge in [-0.05, 0) is 36.2 Å². The smallest absolute Gasteiger partial charge is 0.295 e. The van der Waals surface area contributed by atoms with E-state index in [4.69, 9.17) is 15.7 Å². The van der Waals surface area contributed by atoms with Gasteiger partial charge in [0, 0.05) is 37.6 Å². The lowest BCUT2D eigenvalue weighted by Gasteiger charge is -2.46. The van der Waals surface area contributed by atoms with Crippen molar-refractivity contribution in [2.75, 3.05) is 18.8 Å². The van der Waals surface area contributed by atoms with Crippen molar-refractivity contribution in [2.45, 2.75) is 55.6 Å². The predicted octanol–water partition coefficient (Wildman–Crippen LogP) is 4.31. The number of aliphatic hydroxyl groups is 1. The van der Waals surface area contributed by atoms with Crippen LogP contribution in [0.2, 0.25) is 0 Å². The third-order valence-corrected chi connectivity index (χ3v) is 8.21. The number of ether oxygens (including phenoxy) is 1. The van der Waals surface area contributed by atoms with Crippen molar-refractivity contribution in [3.63, 3.8) is 0 Å². The minimum atomic E-state index is -3.85. The number of piperidine rings is 1. The summed E-state index contributed by atoms with van der Waals surface area (Å²) >= 11 is 0. The number of anilines is 1. The second-order valence-electron chi connectivity index (χ2n) is 11.1. The third kappa shape index (κ3) is 6.06. The number of nitrogens with two attached hydrogens (primary N) is 1. The fourth-order valence-electron chi connectivity index (χ4n) is 5.74. The monoisotopic (exact) mass is 599 g/mol. The molecule has 1 aromatic heterocycles. The molecule has 3 aromatic rings. The summed E-state index contributed by atoms with van der Waals surface area (Å²) in [5, 5.41) is 20.0. The Kier molecular flexibility index (Phi) is 7.91. The highest BCUT2D eigenvalue weighted by molar-refractivity contribution is 5.80. The van der Waals surface area contributed by atoms with Crippen LogP contribution in [0.25, 0.3) is 0 Å². The topological polar surface area (TPSA) is 134 Å².